The predicted octanol–water partition coefficient (Wildman–Crippen LogP) is 3.44. The minimum absolute atomic E-state index is 0.0293. The molecular formula is C16H27ClN2O. The van der Waals surface area contributed by atoms with E-state index in [2.05, 4.69) is 31.0 Å². The number of nitrogens with one attached hydrogen (secondary N) is 1. The van der Waals surface area contributed by atoms with Crippen LogP contribution in [0.25, 0.3) is 0 Å². The molecule has 1 aromatic rings. The summed E-state index contributed by atoms with van der Waals surface area (Å²) in [4.78, 5) is 2.08. The lowest BCUT2D eigenvalue weighted by atomic mass is 10.0. The molecule has 0 aromatic heterocycles. The van der Waals surface area contributed by atoms with E-state index in [0.717, 1.165) is 16.3 Å². The number of likely N-dealkylation sites (N-methyl/N-ethyl adjacent to an activating group) is 1. The molecule has 1 rings (SSSR count). The summed E-state index contributed by atoms with van der Waals surface area (Å²) in [7, 11) is 1.99. The number of aliphatic hydroxyl groups excluding tert-OH is 1. The highest BCUT2D eigenvalue weighted by Gasteiger charge is 2.25. The molecule has 0 aliphatic rings. The smallest absolute Gasteiger partial charge is 0.0658 e. The van der Waals surface area contributed by atoms with Crippen LogP contribution in [0.1, 0.15) is 40.2 Å². The fraction of sp³-hybridized carbons (Fsp3) is 0.625. The first-order valence-electron chi connectivity index (χ1n) is 6.95. The van der Waals surface area contributed by atoms with Crippen molar-refractivity contribution in [2.45, 2.75) is 52.2 Å². The molecule has 0 bridgehead atoms. The number of hydrogen-bond acceptors (Lipinski definition) is 3. The Bertz CT molecular complexity index is 452. The zero-order valence-corrected chi connectivity index (χ0v) is 14.2. The summed E-state index contributed by atoms with van der Waals surface area (Å²) in [6.07, 6.45) is 0. The Balaban J connectivity index is 3.11. The van der Waals surface area contributed by atoms with Crippen molar-refractivity contribution in [3.05, 3.63) is 28.8 Å². The maximum absolute atomic E-state index is 9.55. The molecule has 0 saturated heterocycles. The maximum atomic E-state index is 9.55. The normalized spacial score (nSPS) is 12.6. The van der Waals surface area contributed by atoms with Gasteiger partial charge < -0.3 is 15.3 Å². The second-order valence-electron chi connectivity index (χ2n) is 6.87. The molecule has 0 fully saturated rings. The van der Waals surface area contributed by atoms with E-state index in [9.17, 15) is 5.11 Å². The summed E-state index contributed by atoms with van der Waals surface area (Å²) >= 11 is 6.37. The third-order valence-corrected chi connectivity index (χ3v) is 3.90. The van der Waals surface area contributed by atoms with Gasteiger partial charge in [-0.25, -0.2) is 0 Å². The van der Waals surface area contributed by atoms with Crippen molar-refractivity contribution in [1.82, 2.24) is 5.32 Å². The van der Waals surface area contributed by atoms with Gasteiger partial charge in [-0.2, -0.15) is 0 Å². The van der Waals surface area contributed by atoms with Gasteiger partial charge in [0.1, 0.15) is 0 Å². The lowest BCUT2D eigenvalue weighted by molar-refractivity contribution is 0.216. The lowest BCUT2D eigenvalue weighted by Crippen LogP contribution is -2.45. The molecule has 1 aromatic carbocycles. The predicted molar refractivity (Wildman–Crippen MR) is 87.6 cm³/mol. The maximum Gasteiger partial charge on any atom is 0.0658 e. The fourth-order valence-electron chi connectivity index (χ4n) is 1.82. The van der Waals surface area contributed by atoms with Crippen molar-refractivity contribution in [2.24, 2.45) is 0 Å². The van der Waals surface area contributed by atoms with Gasteiger partial charge in [-0.1, -0.05) is 17.7 Å². The molecule has 114 valence electrons. The summed E-state index contributed by atoms with van der Waals surface area (Å²) in [6, 6.07) is 5.90. The standard InChI is InChI=1S/C16H27ClN2O/c1-15(2,3)18-10-12-13(17)8-7-9-14(12)19(6)16(4,5)11-20/h7-9,18,20H,10-11H2,1-6H3. The van der Waals surface area contributed by atoms with Gasteiger partial charge in [0.15, 0.2) is 0 Å². The van der Waals surface area contributed by atoms with Crippen LogP contribution in [0, 0.1) is 0 Å². The highest BCUT2D eigenvalue weighted by molar-refractivity contribution is 6.31. The topological polar surface area (TPSA) is 35.5 Å². The summed E-state index contributed by atoms with van der Waals surface area (Å²) in [5.41, 5.74) is 1.81. The molecule has 0 saturated carbocycles. The van der Waals surface area contributed by atoms with Crippen LogP contribution < -0.4 is 10.2 Å². The molecule has 2 N–H and O–H groups in total. The van der Waals surface area contributed by atoms with Crippen molar-refractivity contribution in [1.29, 1.82) is 0 Å². The zero-order valence-electron chi connectivity index (χ0n) is 13.4. The quantitative estimate of drug-likeness (QED) is 0.874. The Kier molecular flexibility index (Phi) is 5.47. The van der Waals surface area contributed by atoms with Gasteiger partial charge in [0.05, 0.1) is 12.1 Å². The Morgan fingerprint density at radius 2 is 1.80 bits per heavy atom. The van der Waals surface area contributed by atoms with Crippen molar-refractivity contribution in [2.75, 3.05) is 18.6 Å². The Hall–Kier alpha value is -0.770. The second-order valence-corrected chi connectivity index (χ2v) is 7.28. The summed E-state index contributed by atoms with van der Waals surface area (Å²) in [5, 5.41) is 13.8. The third kappa shape index (κ3) is 4.37. The van der Waals surface area contributed by atoms with Crippen molar-refractivity contribution in [3.63, 3.8) is 0 Å². The zero-order chi connectivity index (χ0) is 15.6. The number of rotatable bonds is 5. The molecule has 0 aliphatic heterocycles. The fourth-order valence-corrected chi connectivity index (χ4v) is 2.06. The van der Waals surface area contributed by atoms with Gasteiger partial charge in [0.2, 0.25) is 0 Å². The second kappa shape index (κ2) is 6.33. The lowest BCUT2D eigenvalue weighted by Gasteiger charge is -2.37. The van der Waals surface area contributed by atoms with Crippen LogP contribution in [-0.2, 0) is 6.54 Å². The molecule has 0 spiro atoms. The van der Waals surface area contributed by atoms with E-state index >= 15 is 0 Å². The van der Waals surface area contributed by atoms with Crippen LogP contribution in [0.2, 0.25) is 5.02 Å². The van der Waals surface area contributed by atoms with Crippen molar-refractivity contribution < 1.29 is 5.11 Å². The first-order chi connectivity index (χ1) is 9.08. The van der Waals surface area contributed by atoms with Gasteiger partial charge in [-0.15, -0.1) is 0 Å². The van der Waals surface area contributed by atoms with Crippen LogP contribution >= 0.6 is 11.6 Å². The van der Waals surface area contributed by atoms with E-state index in [1.165, 1.54) is 0 Å². The van der Waals surface area contributed by atoms with E-state index < -0.39 is 0 Å². The van der Waals surface area contributed by atoms with E-state index in [0.29, 0.717) is 6.54 Å². The van der Waals surface area contributed by atoms with Gasteiger partial charge >= 0.3 is 0 Å². The molecule has 20 heavy (non-hydrogen) atoms. The molecule has 0 unspecified atom stereocenters. The summed E-state index contributed by atoms with van der Waals surface area (Å²) in [6.45, 7) is 11.2. The Morgan fingerprint density at radius 3 is 2.30 bits per heavy atom. The third-order valence-electron chi connectivity index (χ3n) is 3.55. The van der Waals surface area contributed by atoms with Crippen LogP contribution in [0.5, 0.6) is 0 Å². The number of nitrogens with zero attached hydrogens (tertiary/aromatic N) is 1. The molecule has 0 aliphatic carbocycles. The largest absolute Gasteiger partial charge is 0.394 e. The average molecular weight is 299 g/mol. The van der Waals surface area contributed by atoms with Gasteiger partial charge in [-0.05, 0) is 46.8 Å². The monoisotopic (exact) mass is 298 g/mol. The van der Waals surface area contributed by atoms with Gasteiger partial charge in [0, 0.05) is 35.4 Å². The molecule has 0 amide bonds. The number of hydrogen-bond donors (Lipinski definition) is 2. The van der Waals surface area contributed by atoms with Crippen LogP contribution in [0.4, 0.5) is 5.69 Å². The minimum Gasteiger partial charge on any atom is -0.394 e. The molecular weight excluding hydrogens is 272 g/mol. The van der Waals surface area contributed by atoms with E-state index in [1.807, 2.05) is 39.1 Å². The van der Waals surface area contributed by atoms with Crippen molar-refractivity contribution in [3.8, 4) is 0 Å². The average Bonchev–Trinajstić information content (AvgIpc) is 2.35. The SMILES string of the molecule is CN(c1cccc(Cl)c1CNC(C)(C)C)C(C)(C)CO. The van der Waals surface area contributed by atoms with E-state index in [4.69, 9.17) is 11.6 Å². The van der Waals surface area contributed by atoms with E-state index in [1.54, 1.807) is 0 Å². The molecule has 0 atom stereocenters. The van der Waals surface area contributed by atoms with Crippen molar-refractivity contribution >= 4 is 17.3 Å². The molecule has 0 radical (unpaired) electrons. The van der Waals surface area contributed by atoms with Crippen LogP contribution in [0.15, 0.2) is 18.2 Å². The van der Waals surface area contributed by atoms with Crippen LogP contribution in [-0.4, -0.2) is 29.8 Å². The Morgan fingerprint density at radius 1 is 1.20 bits per heavy atom. The molecule has 4 heteroatoms. The van der Waals surface area contributed by atoms with E-state index in [-0.39, 0.29) is 17.7 Å². The number of halogens is 1. The minimum atomic E-state index is -0.332. The Labute approximate surface area is 127 Å². The summed E-state index contributed by atoms with van der Waals surface area (Å²) in [5.74, 6) is 0. The number of anilines is 1. The molecule has 3 nitrogen and oxygen atoms in total. The van der Waals surface area contributed by atoms with Gasteiger partial charge in [-0.3, -0.25) is 0 Å². The first kappa shape index (κ1) is 17.3. The highest BCUT2D eigenvalue weighted by Crippen LogP contribution is 2.31. The highest BCUT2D eigenvalue weighted by atomic mass is 35.5. The number of benzene rings is 1. The summed E-state index contributed by atoms with van der Waals surface area (Å²) < 4.78 is 0. The number of aliphatic hydroxyl groups is 1. The molecule has 0 heterocycles. The first-order valence-corrected chi connectivity index (χ1v) is 7.33. The van der Waals surface area contributed by atoms with Crippen LogP contribution in [0.3, 0.4) is 0 Å². The van der Waals surface area contributed by atoms with Gasteiger partial charge in [0.25, 0.3) is 0 Å².